The van der Waals surface area contributed by atoms with Crippen LogP contribution in [0.25, 0.3) is 21.9 Å². The van der Waals surface area contributed by atoms with Crippen LogP contribution in [0.2, 0.25) is 0 Å². The normalized spacial score (nSPS) is 11.8. The van der Waals surface area contributed by atoms with E-state index in [0.29, 0.717) is 30.2 Å². The topological polar surface area (TPSA) is 9.23 Å². The van der Waals surface area contributed by atoms with Crippen molar-refractivity contribution >= 4 is 10.8 Å². The molecule has 0 saturated carbocycles. The summed E-state index contributed by atoms with van der Waals surface area (Å²) in [7, 11) is 0. The molecule has 0 fully saturated rings. The summed E-state index contributed by atoms with van der Waals surface area (Å²) in [6.07, 6.45) is -3.21. The summed E-state index contributed by atoms with van der Waals surface area (Å²) in [5.41, 5.74) is -1.53. The minimum Gasteiger partial charge on any atom is -0.429 e. The quantitative estimate of drug-likeness (QED) is 0.192. The number of halogens is 8. The molecule has 1 nitrogen and oxygen atoms in total. The average Bonchev–Trinajstić information content (AvgIpc) is 2.76. The van der Waals surface area contributed by atoms with Crippen LogP contribution >= 0.6 is 0 Å². The van der Waals surface area contributed by atoms with E-state index in [1.165, 1.54) is 12.1 Å². The molecular weight excluding hydrogens is 480 g/mol. The molecule has 0 aliphatic rings. The highest BCUT2D eigenvalue weighted by Gasteiger charge is 2.41. The lowest BCUT2D eigenvalue weighted by Gasteiger charge is -2.20. The highest BCUT2D eigenvalue weighted by Crippen LogP contribution is 2.38. The van der Waals surface area contributed by atoms with E-state index in [1.54, 1.807) is 6.07 Å². The number of benzene rings is 4. The van der Waals surface area contributed by atoms with Gasteiger partial charge in [-0.15, -0.1) is 0 Å². The zero-order valence-corrected chi connectivity index (χ0v) is 18.0. The molecule has 9 heteroatoms. The van der Waals surface area contributed by atoms with Crippen LogP contribution in [-0.4, -0.2) is 0 Å². The fourth-order valence-electron chi connectivity index (χ4n) is 3.79. The summed E-state index contributed by atoms with van der Waals surface area (Å²) in [6, 6.07) is 8.20. The van der Waals surface area contributed by atoms with Gasteiger partial charge in [-0.25, -0.2) is 26.3 Å². The van der Waals surface area contributed by atoms with Gasteiger partial charge in [0, 0.05) is 10.9 Å². The third kappa shape index (κ3) is 4.67. The monoisotopic (exact) mass is 496 g/mol. The van der Waals surface area contributed by atoms with Gasteiger partial charge in [0.2, 0.25) is 0 Å². The third-order valence-electron chi connectivity index (χ3n) is 5.41. The van der Waals surface area contributed by atoms with Crippen molar-refractivity contribution in [1.82, 2.24) is 0 Å². The molecule has 0 atom stereocenters. The number of alkyl halides is 2. The Labute approximate surface area is 194 Å². The number of hydrogen-bond donors (Lipinski definition) is 0. The van der Waals surface area contributed by atoms with Crippen LogP contribution in [0.3, 0.4) is 0 Å². The summed E-state index contributed by atoms with van der Waals surface area (Å²) in [4.78, 5) is 0. The van der Waals surface area contributed by atoms with Crippen LogP contribution in [0.1, 0.15) is 24.5 Å². The summed E-state index contributed by atoms with van der Waals surface area (Å²) in [5, 5.41) is -0.721. The predicted molar refractivity (Wildman–Crippen MR) is 114 cm³/mol. The van der Waals surface area contributed by atoms with Gasteiger partial charge in [-0.1, -0.05) is 25.5 Å². The second-order valence-corrected chi connectivity index (χ2v) is 7.87. The van der Waals surface area contributed by atoms with Gasteiger partial charge in [0.15, 0.2) is 17.5 Å². The molecule has 0 saturated heterocycles. The van der Waals surface area contributed by atoms with E-state index < -0.39 is 57.7 Å². The third-order valence-corrected chi connectivity index (χ3v) is 5.41. The Bertz CT molecular complexity index is 1410. The molecule has 0 radical (unpaired) electrons. The Balaban J connectivity index is 1.68. The number of ether oxygens (including phenoxy) is 1. The van der Waals surface area contributed by atoms with E-state index in [1.807, 2.05) is 6.92 Å². The lowest BCUT2D eigenvalue weighted by molar-refractivity contribution is -0.189. The highest BCUT2D eigenvalue weighted by molar-refractivity contribution is 5.84. The SMILES string of the molecule is CCCc1ccc(-c2cc(F)c(C(F)(F)Oc3ccc4c(F)c(F)c(F)cc4c3)c(F)c2)c(F)c1. The van der Waals surface area contributed by atoms with Crippen molar-refractivity contribution in [3.05, 3.63) is 101 Å². The minimum absolute atomic E-state index is 0.177. The van der Waals surface area contributed by atoms with E-state index >= 15 is 0 Å². The Morgan fingerprint density at radius 3 is 2.03 bits per heavy atom. The molecule has 4 rings (SSSR count). The largest absolute Gasteiger partial charge is 0.432 e. The predicted octanol–water partition coefficient (Wildman–Crippen LogP) is 8.42. The van der Waals surface area contributed by atoms with Crippen LogP contribution < -0.4 is 4.74 Å². The molecule has 0 aromatic heterocycles. The smallest absolute Gasteiger partial charge is 0.429 e. The molecule has 0 N–H and O–H groups in total. The molecule has 0 aliphatic carbocycles. The maximum Gasteiger partial charge on any atom is 0.432 e. The van der Waals surface area contributed by atoms with E-state index in [2.05, 4.69) is 4.74 Å². The molecule has 0 amide bonds. The molecule has 0 bridgehead atoms. The van der Waals surface area contributed by atoms with Gasteiger partial charge in [-0.2, -0.15) is 8.78 Å². The van der Waals surface area contributed by atoms with Crippen molar-refractivity contribution in [2.24, 2.45) is 0 Å². The van der Waals surface area contributed by atoms with Crippen molar-refractivity contribution in [1.29, 1.82) is 0 Å². The van der Waals surface area contributed by atoms with Crippen molar-refractivity contribution in [3.63, 3.8) is 0 Å². The maximum atomic E-state index is 14.8. The molecule has 182 valence electrons. The molecule has 0 unspecified atom stereocenters. The summed E-state index contributed by atoms with van der Waals surface area (Å²) in [6.45, 7) is 1.89. The molecule has 4 aromatic carbocycles. The van der Waals surface area contributed by atoms with Crippen LogP contribution in [0.4, 0.5) is 35.1 Å². The Hall–Kier alpha value is -3.62. The van der Waals surface area contributed by atoms with Crippen molar-refractivity contribution < 1.29 is 39.9 Å². The molecular formula is C26H16F8O. The first kappa shape index (κ1) is 24.5. The Morgan fingerprint density at radius 2 is 1.40 bits per heavy atom. The number of rotatable bonds is 6. The van der Waals surface area contributed by atoms with E-state index in [9.17, 15) is 35.1 Å². The lowest BCUT2D eigenvalue weighted by Crippen LogP contribution is -2.25. The van der Waals surface area contributed by atoms with Gasteiger partial charge >= 0.3 is 6.11 Å². The molecule has 0 aliphatic heterocycles. The summed E-state index contributed by atoms with van der Waals surface area (Å²) >= 11 is 0. The first-order valence-electron chi connectivity index (χ1n) is 10.4. The second-order valence-electron chi connectivity index (χ2n) is 7.87. The first-order chi connectivity index (χ1) is 16.5. The van der Waals surface area contributed by atoms with Crippen molar-refractivity contribution in [2.75, 3.05) is 0 Å². The Morgan fingerprint density at radius 1 is 0.714 bits per heavy atom. The average molecular weight is 496 g/mol. The van der Waals surface area contributed by atoms with Crippen molar-refractivity contribution in [2.45, 2.75) is 25.9 Å². The second kappa shape index (κ2) is 9.20. The van der Waals surface area contributed by atoms with Crippen LogP contribution in [0.15, 0.2) is 54.6 Å². The standard InChI is InChI=1S/C26H16F8O/c1-2-3-13-4-6-17(19(27)8-13)15-10-20(28)23(21(29)11-15)26(33,34)35-16-5-7-18-14(9-16)12-22(30)25(32)24(18)31/h4-12H,2-3H2,1H3. The summed E-state index contributed by atoms with van der Waals surface area (Å²) in [5.74, 6) is -9.66. The van der Waals surface area contributed by atoms with Gasteiger partial charge in [0.1, 0.15) is 28.8 Å². The van der Waals surface area contributed by atoms with E-state index in [0.717, 1.165) is 24.6 Å². The summed E-state index contributed by atoms with van der Waals surface area (Å²) < 4.78 is 118. The number of hydrogen-bond acceptors (Lipinski definition) is 1. The number of aryl methyl sites for hydroxylation is 1. The fourth-order valence-corrected chi connectivity index (χ4v) is 3.79. The number of fused-ring (bicyclic) bond motifs is 1. The molecule has 35 heavy (non-hydrogen) atoms. The van der Waals surface area contributed by atoms with Crippen LogP contribution in [0.5, 0.6) is 5.75 Å². The van der Waals surface area contributed by atoms with Crippen LogP contribution in [-0.2, 0) is 12.5 Å². The van der Waals surface area contributed by atoms with Gasteiger partial charge in [0.25, 0.3) is 0 Å². The van der Waals surface area contributed by atoms with Gasteiger partial charge < -0.3 is 4.74 Å². The lowest BCUT2D eigenvalue weighted by atomic mass is 9.99. The van der Waals surface area contributed by atoms with E-state index in [-0.39, 0.29) is 16.5 Å². The van der Waals surface area contributed by atoms with Gasteiger partial charge in [0.05, 0.1) is 0 Å². The van der Waals surface area contributed by atoms with Gasteiger partial charge in [-0.3, -0.25) is 0 Å². The van der Waals surface area contributed by atoms with Crippen LogP contribution in [0, 0.1) is 34.9 Å². The first-order valence-corrected chi connectivity index (χ1v) is 10.4. The fraction of sp³-hybridized carbons (Fsp3) is 0.154. The van der Waals surface area contributed by atoms with Gasteiger partial charge in [-0.05, 0) is 65.4 Å². The molecule has 0 heterocycles. The molecule has 4 aromatic rings. The minimum atomic E-state index is -4.55. The van der Waals surface area contributed by atoms with Crippen molar-refractivity contribution in [3.8, 4) is 16.9 Å². The Kier molecular flexibility index (Phi) is 6.44. The zero-order valence-electron chi connectivity index (χ0n) is 18.0. The zero-order chi connectivity index (χ0) is 25.5. The van der Waals surface area contributed by atoms with E-state index in [4.69, 9.17) is 0 Å². The maximum absolute atomic E-state index is 14.8. The highest BCUT2D eigenvalue weighted by atomic mass is 19.3. The molecule has 0 spiro atoms.